The molecule has 1 aromatic rings. The van der Waals surface area contributed by atoms with Gasteiger partial charge in [-0.15, -0.1) is 0 Å². The number of hydrogen-bond acceptors (Lipinski definition) is 4. The Balaban J connectivity index is 1.92. The predicted molar refractivity (Wildman–Crippen MR) is 54.4 cm³/mol. The normalized spacial score (nSPS) is 24.1. The van der Waals surface area contributed by atoms with E-state index in [1.54, 1.807) is 0 Å². The van der Waals surface area contributed by atoms with E-state index in [0.717, 1.165) is 18.7 Å². The molecule has 0 N–H and O–H groups in total. The van der Waals surface area contributed by atoms with E-state index in [2.05, 4.69) is 17.1 Å². The smallest absolute Gasteiger partial charge is 0.234 e. The first-order valence-electron chi connectivity index (χ1n) is 5.55. The minimum atomic E-state index is 0.177. The SMILES string of the molecule is CCCC(=O)Cc1nc(C2CC2C)no1. The molecule has 0 spiro atoms. The summed E-state index contributed by atoms with van der Waals surface area (Å²) in [6.07, 6.45) is 2.90. The van der Waals surface area contributed by atoms with E-state index in [9.17, 15) is 4.79 Å². The molecule has 0 amide bonds. The van der Waals surface area contributed by atoms with Gasteiger partial charge in [0.1, 0.15) is 5.78 Å². The molecule has 1 aliphatic rings. The lowest BCUT2D eigenvalue weighted by molar-refractivity contribution is -0.118. The van der Waals surface area contributed by atoms with Crippen LogP contribution in [0, 0.1) is 5.92 Å². The molecular weight excluding hydrogens is 192 g/mol. The van der Waals surface area contributed by atoms with Crippen molar-refractivity contribution in [2.24, 2.45) is 5.92 Å². The van der Waals surface area contributed by atoms with Gasteiger partial charge in [-0.2, -0.15) is 4.98 Å². The van der Waals surface area contributed by atoms with Gasteiger partial charge in [-0.25, -0.2) is 0 Å². The van der Waals surface area contributed by atoms with E-state index < -0.39 is 0 Å². The monoisotopic (exact) mass is 208 g/mol. The highest BCUT2D eigenvalue weighted by Gasteiger charge is 2.38. The molecule has 1 saturated carbocycles. The molecular formula is C11H16N2O2. The number of hydrogen-bond donors (Lipinski definition) is 0. The van der Waals surface area contributed by atoms with Crippen LogP contribution in [0.3, 0.4) is 0 Å². The van der Waals surface area contributed by atoms with E-state index in [4.69, 9.17) is 4.52 Å². The predicted octanol–water partition coefficient (Wildman–Crippen LogP) is 2.10. The average Bonchev–Trinajstić information content (AvgIpc) is 2.74. The van der Waals surface area contributed by atoms with Gasteiger partial charge in [-0.3, -0.25) is 4.79 Å². The molecule has 2 rings (SSSR count). The minimum Gasteiger partial charge on any atom is -0.339 e. The van der Waals surface area contributed by atoms with Gasteiger partial charge in [0.15, 0.2) is 5.82 Å². The topological polar surface area (TPSA) is 56.0 Å². The van der Waals surface area contributed by atoms with Crippen molar-refractivity contribution in [3.8, 4) is 0 Å². The van der Waals surface area contributed by atoms with E-state index >= 15 is 0 Å². The summed E-state index contributed by atoms with van der Waals surface area (Å²) in [6.45, 7) is 4.16. The Morgan fingerprint density at radius 2 is 2.33 bits per heavy atom. The van der Waals surface area contributed by atoms with Crippen LogP contribution in [-0.2, 0) is 11.2 Å². The van der Waals surface area contributed by atoms with Crippen molar-refractivity contribution >= 4 is 5.78 Å². The van der Waals surface area contributed by atoms with Crippen LogP contribution in [0.15, 0.2) is 4.52 Å². The lowest BCUT2D eigenvalue weighted by Crippen LogP contribution is -2.02. The van der Waals surface area contributed by atoms with E-state index in [1.807, 2.05) is 6.92 Å². The molecule has 1 heterocycles. The van der Waals surface area contributed by atoms with Crippen molar-refractivity contribution < 1.29 is 9.32 Å². The Morgan fingerprint density at radius 1 is 1.60 bits per heavy atom. The maximum Gasteiger partial charge on any atom is 0.234 e. The van der Waals surface area contributed by atoms with Crippen molar-refractivity contribution in [3.05, 3.63) is 11.7 Å². The second-order valence-corrected chi connectivity index (χ2v) is 4.33. The first kappa shape index (κ1) is 10.3. The highest BCUT2D eigenvalue weighted by atomic mass is 16.5. The van der Waals surface area contributed by atoms with Crippen molar-refractivity contribution in [3.63, 3.8) is 0 Å². The largest absolute Gasteiger partial charge is 0.339 e. The number of carbonyl (C=O) groups excluding carboxylic acids is 1. The summed E-state index contributed by atoms with van der Waals surface area (Å²) in [6, 6.07) is 0. The fraction of sp³-hybridized carbons (Fsp3) is 0.727. The van der Waals surface area contributed by atoms with Crippen molar-refractivity contribution in [1.29, 1.82) is 0 Å². The Morgan fingerprint density at radius 3 is 2.93 bits per heavy atom. The first-order chi connectivity index (χ1) is 7.20. The zero-order chi connectivity index (χ0) is 10.8. The average molecular weight is 208 g/mol. The minimum absolute atomic E-state index is 0.177. The van der Waals surface area contributed by atoms with E-state index in [-0.39, 0.29) is 5.78 Å². The second kappa shape index (κ2) is 4.13. The molecule has 0 aromatic carbocycles. The number of ketones is 1. The number of carbonyl (C=O) groups is 1. The molecule has 1 aliphatic carbocycles. The lowest BCUT2D eigenvalue weighted by atomic mass is 10.2. The van der Waals surface area contributed by atoms with Gasteiger partial charge < -0.3 is 4.52 Å². The molecule has 82 valence electrons. The van der Waals surface area contributed by atoms with Crippen LogP contribution in [0.4, 0.5) is 0 Å². The molecule has 0 saturated heterocycles. The standard InChI is InChI=1S/C11H16N2O2/c1-3-4-8(14)6-10-12-11(13-15-10)9-5-7(9)2/h7,9H,3-6H2,1-2H3. The van der Waals surface area contributed by atoms with Gasteiger partial charge in [0.2, 0.25) is 5.89 Å². The quantitative estimate of drug-likeness (QED) is 0.743. The zero-order valence-electron chi connectivity index (χ0n) is 9.19. The third-order valence-electron chi connectivity index (χ3n) is 2.80. The van der Waals surface area contributed by atoms with E-state index in [0.29, 0.717) is 30.6 Å². The van der Waals surface area contributed by atoms with Gasteiger partial charge in [0.25, 0.3) is 0 Å². The van der Waals surface area contributed by atoms with Crippen LogP contribution in [0.1, 0.15) is 50.7 Å². The number of nitrogens with zero attached hydrogens (tertiary/aromatic N) is 2. The zero-order valence-corrected chi connectivity index (χ0v) is 9.19. The van der Waals surface area contributed by atoms with Gasteiger partial charge in [0.05, 0.1) is 6.42 Å². The third-order valence-corrected chi connectivity index (χ3v) is 2.80. The lowest BCUT2D eigenvalue weighted by Gasteiger charge is -1.91. The Hall–Kier alpha value is -1.19. The molecule has 1 aromatic heterocycles. The fourth-order valence-corrected chi connectivity index (χ4v) is 1.71. The molecule has 1 fully saturated rings. The van der Waals surface area contributed by atoms with Crippen molar-refractivity contribution in [2.75, 3.05) is 0 Å². The maximum atomic E-state index is 11.3. The summed E-state index contributed by atoms with van der Waals surface area (Å²) in [4.78, 5) is 15.6. The summed E-state index contributed by atoms with van der Waals surface area (Å²) in [7, 11) is 0. The van der Waals surface area contributed by atoms with Gasteiger partial charge in [0, 0.05) is 12.3 Å². The molecule has 0 bridgehead atoms. The van der Waals surface area contributed by atoms with Gasteiger partial charge in [-0.05, 0) is 18.8 Å². The van der Waals surface area contributed by atoms with Crippen LogP contribution < -0.4 is 0 Å². The molecule has 2 unspecified atom stereocenters. The molecule has 2 atom stereocenters. The van der Waals surface area contributed by atoms with Crippen LogP contribution in [0.25, 0.3) is 0 Å². The van der Waals surface area contributed by atoms with E-state index in [1.165, 1.54) is 0 Å². The molecule has 4 heteroatoms. The Kier molecular flexibility index (Phi) is 2.84. The second-order valence-electron chi connectivity index (χ2n) is 4.33. The van der Waals surface area contributed by atoms with Crippen molar-refractivity contribution in [1.82, 2.24) is 10.1 Å². The Bertz CT molecular complexity index is 359. The van der Waals surface area contributed by atoms with Gasteiger partial charge in [-0.1, -0.05) is 19.0 Å². The molecule has 0 aliphatic heterocycles. The number of aromatic nitrogens is 2. The summed E-state index contributed by atoms with van der Waals surface area (Å²) in [5.41, 5.74) is 0. The number of rotatable bonds is 5. The Labute approximate surface area is 89.1 Å². The van der Waals surface area contributed by atoms with Crippen LogP contribution in [0.5, 0.6) is 0 Å². The van der Waals surface area contributed by atoms with Crippen LogP contribution in [0.2, 0.25) is 0 Å². The highest BCUT2D eigenvalue weighted by Crippen LogP contribution is 2.45. The summed E-state index contributed by atoms with van der Waals surface area (Å²) in [5, 5.41) is 3.90. The fourth-order valence-electron chi connectivity index (χ4n) is 1.71. The molecule has 4 nitrogen and oxygen atoms in total. The maximum absolute atomic E-state index is 11.3. The highest BCUT2D eigenvalue weighted by molar-refractivity contribution is 5.79. The first-order valence-corrected chi connectivity index (χ1v) is 5.55. The summed E-state index contributed by atoms with van der Waals surface area (Å²) in [5.74, 6) is 2.56. The van der Waals surface area contributed by atoms with Crippen LogP contribution >= 0.6 is 0 Å². The molecule has 15 heavy (non-hydrogen) atoms. The van der Waals surface area contributed by atoms with Crippen LogP contribution in [-0.4, -0.2) is 15.9 Å². The summed E-state index contributed by atoms with van der Waals surface area (Å²) < 4.78 is 5.05. The van der Waals surface area contributed by atoms with Gasteiger partial charge >= 0.3 is 0 Å². The molecule has 0 radical (unpaired) electrons. The number of Topliss-reactive ketones (excluding diaryl/α,β-unsaturated/α-hetero) is 1. The van der Waals surface area contributed by atoms with Crippen molar-refractivity contribution in [2.45, 2.75) is 45.4 Å². The summed E-state index contributed by atoms with van der Waals surface area (Å²) >= 11 is 0. The third kappa shape index (κ3) is 2.43.